The summed E-state index contributed by atoms with van der Waals surface area (Å²) in [5.74, 6) is 1.63. The molecule has 0 amide bonds. The Balaban J connectivity index is 1.75. The van der Waals surface area contributed by atoms with Crippen LogP contribution in [-0.2, 0) is 9.84 Å². The van der Waals surface area contributed by atoms with Crippen molar-refractivity contribution in [3.8, 4) is 23.0 Å². The number of hydrogen-bond donors (Lipinski definition) is 2. The quantitative estimate of drug-likeness (QED) is 0.402. The van der Waals surface area contributed by atoms with E-state index >= 15 is 0 Å². The Morgan fingerprint density at radius 2 is 1.06 bits per heavy atom. The zero-order chi connectivity index (χ0) is 21.8. The second-order valence-corrected chi connectivity index (χ2v) is 8.72. The fourth-order valence-corrected chi connectivity index (χ4v) is 4.18. The summed E-state index contributed by atoms with van der Waals surface area (Å²) in [6.07, 6.45) is 0. The highest BCUT2D eigenvalue weighted by Gasteiger charge is 2.20. The van der Waals surface area contributed by atoms with Crippen molar-refractivity contribution in [3.05, 3.63) is 97.1 Å². The molecule has 0 saturated heterocycles. The van der Waals surface area contributed by atoms with E-state index in [0.717, 1.165) is 0 Å². The number of nitrogen functional groups attached to an aromatic ring is 2. The van der Waals surface area contributed by atoms with Gasteiger partial charge in [-0.25, -0.2) is 8.42 Å². The van der Waals surface area contributed by atoms with Crippen LogP contribution in [0.1, 0.15) is 0 Å². The van der Waals surface area contributed by atoms with Crippen LogP contribution in [0.5, 0.6) is 23.0 Å². The van der Waals surface area contributed by atoms with E-state index in [1.54, 1.807) is 84.9 Å². The summed E-state index contributed by atoms with van der Waals surface area (Å²) in [4.78, 5) is 0.287. The molecular formula is C24H20N2O4S. The van der Waals surface area contributed by atoms with E-state index in [0.29, 0.717) is 28.6 Å². The molecule has 0 fully saturated rings. The molecule has 0 heterocycles. The van der Waals surface area contributed by atoms with Crippen molar-refractivity contribution in [3.63, 3.8) is 0 Å². The maximum Gasteiger partial charge on any atom is 0.206 e. The number of benzene rings is 4. The van der Waals surface area contributed by atoms with Crippen LogP contribution >= 0.6 is 0 Å². The lowest BCUT2D eigenvalue weighted by Crippen LogP contribution is -2.02. The highest BCUT2D eigenvalue weighted by atomic mass is 32.2. The third kappa shape index (κ3) is 4.62. The largest absolute Gasteiger partial charge is 0.453 e. The number of hydrogen-bond acceptors (Lipinski definition) is 6. The van der Waals surface area contributed by atoms with Gasteiger partial charge < -0.3 is 20.9 Å². The highest BCUT2D eigenvalue weighted by Crippen LogP contribution is 2.38. The topological polar surface area (TPSA) is 105 Å². The zero-order valence-corrected chi connectivity index (χ0v) is 17.3. The van der Waals surface area contributed by atoms with E-state index in [1.807, 2.05) is 0 Å². The molecule has 4 N–H and O–H groups in total. The highest BCUT2D eigenvalue weighted by molar-refractivity contribution is 7.91. The van der Waals surface area contributed by atoms with Crippen LogP contribution in [0.25, 0.3) is 0 Å². The summed E-state index contributed by atoms with van der Waals surface area (Å²) in [7, 11) is -3.73. The minimum atomic E-state index is -3.73. The summed E-state index contributed by atoms with van der Waals surface area (Å²) in [6.45, 7) is 0. The Morgan fingerprint density at radius 3 is 1.61 bits per heavy atom. The van der Waals surface area contributed by atoms with Crippen molar-refractivity contribution in [2.24, 2.45) is 0 Å². The zero-order valence-electron chi connectivity index (χ0n) is 16.4. The van der Waals surface area contributed by atoms with Gasteiger partial charge in [0.15, 0.2) is 11.5 Å². The van der Waals surface area contributed by atoms with Crippen LogP contribution in [-0.4, -0.2) is 8.42 Å². The molecule has 0 aliphatic rings. The lowest BCUT2D eigenvalue weighted by molar-refractivity contribution is 0.417. The van der Waals surface area contributed by atoms with Gasteiger partial charge in [-0.05, 0) is 72.8 Å². The van der Waals surface area contributed by atoms with E-state index in [1.165, 1.54) is 12.1 Å². The van der Waals surface area contributed by atoms with Gasteiger partial charge in [0, 0.05) is 17.4 Å². The molecule has 0 aliphatic heterocycles. The summed E-state index contributed by atoms with van der Waals surface area (Å²) >= 11 is 0. The first-order chi connectivity index (χ1) is 14.9. The van der Waals surface area contributed by atoms with E-state index in [9.17, 15) is 8.42 Å². The molecule has 4 rings (SSSR count). The second-order valence-electron chi connectivity index (χ2n) is 6.77. The van der Waals surface area contributed by atoms with Gasteiger partial charge >= 0.3 is 0 Å². The molecule has 0 aliphatic carbocycles. The van der Waals surface area contributed by atoms with Crippen LogP contribution in [0.3, 0.4) is 0 Å². The molecular weight excluding hydrogens is 412 g/mol. The van der Waals surface area contributed by atoms with E-state index in [4.69, 9.17) is 20.9 Å². The molecule has 0 spiro atoms. The number of nitrogens with two attached hydrogens (primary N) is 2. The van der Waals surface area contributed by atoms with E-state index < -0.39 is 9.84 Å². The van der Waals surface area contributed by atoms with Crippen molar-refractivity contribution >= 4 is 21.2 Å². The molecule has 6 nitrogen and oxygen atoms in total. The third-order valence-corrected chi connectivity index (χ3v) is 6.26. The fraction of sp³-hybridized carbons (Fsp3) is 0. The van der Waals surface area contributed by atoms with Gasteiger partial charge in [-0.1, -0.05) is 18.2 Å². The predicted molar refractivity (Wildman–Crippen MR) is 120 cm³/mol. The van der Waals surface area contributed by atoms with Crippen LogP contribution in [0, 0.1) is 0 Å². The van der Waals surface area contributed by atoms with Crippen LogP contribution in [0.4, 0.5) is 11.4 Å². The lowest BCUT2D eigenvalue weighted by atomic mass is 10.3. The first-order valence-corrected chi connectivity index (χ1v) is 10.9. The van der Waals surface area contributed by atoms with Gasteiger partial charge in [0.05, 0.1) is 9.79 Å². The molecule has 156 valence electrons. The van der Waals surface area contributed by atoms with Gasteiger partial charge in [0.1, 0.15) is 11.5 Å². The SMILES string of the molecule is Nc1ccc(Oc2ccc(S(=O)(=O)c3ccccc3)cc2Oc2ccc(N)cc2)cc1. The fourth-order valence-electron chi connectivity index (χ4n) is 2.88. The van der Waals surface area contributed by atoms with E-state index in [-0.39, 0.29) is 15.5 Å². The Hall–Kier alpha value is -3.97. The Bertz CT molecular complexity index is 1290. The lowest BCUT2D eigenvalue weighted by Gasteiger charge is -2.14. The van der Waals surface area contributed by atoms with Crippen LogP contribution in [0.2, 0.25) is 0 Å². The second kappa shape index (κ2) is 8.41. The Kier molecular flexibility index (Phi) is 5.51. The Labute approximate surface area is 180 Å². The van der Waals surface area contributed by atoms with Gasteiger partial charge in [0.2, 0.25) is 9.84 Å². The first-order valence-electron chi connectivity index (χ1n) is 9.43. The van der Waals surface area contributed by atoms with Crippen molar-refractivity contribution < 1.29 is 17.9 Å². The third-order valence-electron chi connectivity index (χ3n) is 4.49. The minimum absolute atomic E-state index is 0.0915. The molecule has 0 atom stereocenters. The Morgan fingerprint density at radius 1 is 0.548 bits per heavy atom. The average molecular weight is 433 g/mol. The molecule has 0 aromatic heterocycles. The monoisotopic (exact) mass is 432 g/mol. The molecule has 0 radical (unpaired) electrons. The molecule has 7 heteroatoms. The summed E-state index contributed by atoms with van der Waals surface area (Å²) in [5, 5.41) is 0. The molecule has 4 aromatic rings. The predicted octanol–water partition coefficient (Wildman–Crippen LogP) is 5.27. The summed E-state index contributed by atoms with van der Waals surface area (Å²) < 4.78 is 38.0. The van der Waals surface area contributed by atoms with Gasteiger partial charge in [0.25, 0.3) is 0 Å². The van der Waals surface area contributed by atoms with Crippen molar-refractivity contribution in [2.45, 2.75) is 9.79 Å². The maximum absolute atomic E-state index is 13.1. The molecule has 31 heavy (non-hydrogen) atoms. The van der Waals surface area contributed by atoms with Gasteiger partial charge in [-0.15, -0.1) is 0 Å². The minimum Gasteiger partial charge on any atom is -0.453 e. The average Bonchev–Trinajstić information content (AvgIpc) is 2.78. The summed E-state index contributed by atoms with van der Waals surface area (Å²) in [5.41, 5.74) is 12.7. The van der Waals surface area contributed by atoms with E-state index in [2.05, 4.69) is 0 Å². The van der Waals surface area contributed by atoms with Crippen molar-refractivity contribution in [2.75, 3.05) is 11.5 Å². The number of sulfone groups is 1. The standard InChI is InChI=1S/C24H20N2O4S/c25-17-6-10-19(11-7-17)29-23-15-14-22(31(27,28)21-4-2-1-3-5-21)16-24(23)30-20-12-8-18(26)9-13-20/h1-16H,25-26H2. The first kappa shape index (κ1) is 20.3. The number of ether oxygens (including phenoxy) is 2. The smallest absolute Gasteiger partial charge is 0.206 e. The summed E-state index contributed by atoms with van der Waals surface area (Å²) in [6, 6.07) is 26.4. The number of rotatable bonds is 6. The van der Waals surface area contributed by atoms with Crippen LogP contribution in [0.15, 0.2) is 107 Å². The normalized spacial score (nSPS) is 11.1. The van der Waals surface area contributed by atoms with Crippen molar-refractivity contribution in [1.29, 1.82) is 0 Å². The van der Waals surface area contributed by atoms with Crippen LogP contribution < -0.4 is 20.9 Å². The van der Waals surface area contributed by atoms with Gasteiger partial charge in [-0.3, -0.25) is 0 Å². The van der Waals surface area contributed by atoms with Gasteiger partial charge in [-0.2, -0.15) is 0 Å². The van der Waals surface area contributed by atoms with Crippen molar-refractivity contribution in [1.82, 2.24) is 0 Å². The molecule has 0 saturated carbocycles. The molecule has 0 bridgehead atoms. The number of anilines is 2. The molecule has 0 unspecified atom stereocenters. The maximum atomic E-state index is 13.1. The molecule has 4 aromatic carbocycles.